The van der Waals surface area contributed by atoms with E-state index in [0.717, 1.165) is 18.5 Å². The van der Waals surface area contributed by atoms with Crippen LogP contribution in [0, 0.1) is 0 Å². The summed E-state index contributed by atoms with van der Waals surface area (Å²) in [5.74, 6) is -1.16. The van der Waals surface area contributed by atoms with Crippen molar-refractivity contribution in [2.45, 2.75) is 33.2 Å². The van der Waals surface area contributed by atoms with E-state index < -0.39 is 11.5 Å². The lowest BCUT2D eigenvalue weighted by molar-refractivity contribution is 0.0694. The van der Waals surface area contributed by atoms with Crippen molar-refractivity contribution in [3.63, 3.8) is 0 Å². The molecular weight excluding hydrogens is 194 g/mol. The number of hydrogen-bond acceptors (Lipinski definition) is 2. The molecule has 1 heterocycles. The molecule has 0 spiro atoms. The molecule has 82 valence electrons. The molecular formula is C11H15NO3. The van der Waals surface area contributed by atoms with Crippen LogP contribution in [0.3, 0.4) is 0 Å². The largest absolute Gasteiger partial charge is 0.477 e. The highest BCUT2D eigenvalue weighted by atomic mass is 16.4. The molecule has 0 bridgehead atoms. The minimum atomic E-state index is -1.16. The van der Waals surface area contributed by atoms with Gasteiger partial charge in [0.1, 0.15) is 5.56 Å². The number of rotatable bonds is 4. The molecule has 0 unspecified atom stereocenters. The summed E-state index contributed by atoms with van der Waals surface area (Å²) in [5, 5.41) is 8.81. The third-order valence-corrected chi connectivity index (χ3v) is 2.30. The molecule has 1 aromatic heterocycles. The molecule has 0 saturated carbocycles. The normalized spacial score (nSPS) is 10.3. The van der Waals surface area contributed by atoms with Gasteiger partial charge in [-0.25, -0.2) is 4.79 Å². The molecule has 15 heavy (non-hydrogen) atoms. The van der Waals surface area contributed by atoms with Crippen LogP contribution in [0.5, 0.6) is 0 Å². The standard InChI is InChI=1S/C11H15NO3/c1-3-7-12-8(4-2)5-6-9(10(12)13)11(14)15/h5-6H,3-4,7H2,1-2H3,(H,14,15). The van der Waals surface area contributed by atoms with Crippen molar-refractivity contribution >= 4 is 5.97 Å². The van der Waals surface area contributed by atoms with E-state index in [1.165, 1.54) is 6.07 Å². The first-order valence-electron chi connectivity index (χ1n) is 5.07. The van der Waals surface area contributed by atoms with E-state index in [1.54, 1.807) is 10.6 Å². The lowest BCUT2D eigenvalue weighted by Crippen LogP contribution is -2.28. The quantitative estimate of drug-likeness (QED) is 0.817. The molecule has 0 aliphatic carbocycles. The van der Waals surface area contributed by atoms with Crippen LogP contribution in [-0.4, -0.2) is 15.6 Å². The lowest BCUT2D eigenvalue weighted by atomic mass is 10.2. The Morgan fingerprint density at radius 3 is 2.53 bits per heavy atom. The SMILES string of the molecule is CCCn1c(CC)ccc(C(=O)O)c1=O. The predicted molar refractivity (Wildman–Crippen MR) is 57.3 cm³/mol. The second-order valence-corrected chi connectivity index (χ2v) is 3.35. The highest BCUT2D eigenvalue weighted by Gasteiger charge is 2.12. The van der Waals surface area contributed by atoms with E-state index in [1.807, 2.05) is 13.8 Å². The first-order chi connectivity index (χ1) is 7.11. The smallest absolute Gasteiger partial charge is 0.341 e. The van der Waals surface area contributed by atoms with Gasteiger partial charge in [0.2, 0.25) is 0 Å². The highest BCUT2D eigenvalue weighted by molar-refractivity contribution is 5.87. The van der Waals surface area contributed by atoms with Gasteiger partial charge < -0.3 is 9.67 Å². The number of aryl methyl sites for hydroxylation is 1. The number of carboxylic acid groups (broad SMARTS) is 1. The first-order valence-corrected chi connectivity index (χ1v) is 5.07. The van der Waals surface area contributed by atoms with Gasteiger partial charge in [-0.05, 0) is 25.0 Å². The summed E-state index contributed by atoms with van der Waals surface area (Å²) >= 11 is 0. The number of pyridine rings is 1. The van der Waals surface area contributed by atoms with E-state index in [2.05, 4.69) is 0 Å². The summed E-state index contributed by atoms with van der Waals surface area (Å²) in [4.78, 5) is 22.5. The molecule has 1 N–H and O–H groups in total. The average molecular weight is 209 g/mol. The first kappa shape index (κ1) is 11.5. The van der Waals surface area contributed by atoms with Crippen LogP contribution in [-0.2, 0) is 13.0 Å². The molecule has 0 amide bonds. The van der Waals surface area contributed by atoms with Gasteiger partial charge >= 0.3 is 5.97 Å². The van der Waals surface area contributed by atoms with Gasteiger partial charge in [0.15, 0.2) is 0 Å². The average Bonchev–Trinajstić information content (AvgIpc) is 2.20. The Morgan fingerprint density at radius 2 is 2.07 bits per heavy atom. The van der Waals surface area contributed by atoms with Crippen LogP contribution in [0.25, 0.3) is 0 Å². The summed E-state index contributed by atoms with van der Waals surface area (Å²) in [5.41, 5.74) is 0.330. The molecule has 0 atom stereocenters. The van der Waals surface area contributed by atoms with Crippen LogP contribution in [0.15, 0.2) is 16.9 Å². The fourth-order valence-electron chi connectivity index (χ4n) is 1.56. The van der Waals surface area contributed by atoms with E-state index in [-0.39, 0.29) is 5.56 Å². The fourth-order valence-corrected chi connectivity index (χ4v) is 1.56. The van der Waals surface area contributed by atoms with Crippen molar-refractivity contribution in [1.29, 1.82) is 0 Å². The summed E-state index contributed by atoms with van der Waals surface area (Å²) in [7, 11) is 0. The topological polar surface area (TPSA) is 59.3 Å². The summed E-state index contributed by atoms with van der Waals surface area (Å²) < 4.78 is 1.55. The molecule has 0 aliphatic heterocycles. The molecule has 0 aliphatic rings. The zero-order valence-electron chi connectivity index (χ0n) is 8.99. The van der Waals surface area contributed by atoms with E-state index in [4.69, 9.17) is 5.11 Å². The van der Waals surface area contributed by atoms with Crippen molar-refractivity contribution in [2.24, 2.45) is 0 Å². The van der Waals surface area contributed by atoms with Crippen LogP contribution in [0.4, 0.5) is 0 Å². The molecule has 1 aromatic rings. The second-order valence-electron chi connectivity index (χ2n) is 3.35. The molecule has 4 heteroatoms. The van der Waals surface area contributed by atoms with Crippen molar-refractivity contribution < 1.29 is 9.90 Å². The Kier molecular flexibility index (Phi) is 3.66. The Balaban J connectivity index is 3.35. The van der Waals surface area contributed by atoms with E-state index in [0.29, 0.717) is 6.54 Å². The van der Waals surface area contributed by atoms with Gasteiger partial charge in [-0.1, -0.05) is 13.8 Å². The summed E-state index contributed by atoms with van der Waals surface area (Å²) in [6.45, 7) is 4.48. The van der Waals surface area contributed by atoms with Gasteiger partial charge in [0.05, 0.1) is 0 Å². The van der Waals surface area contributed by atoms with Crippen LogP contribution in [0.2, 0.25) is 0 Å². The maximum atomic E-state index is 11.8. The fraction of sp³-hybridized carbons (Fsp3) is 0.455. The van der Waals surface area contributed by atoms with Gasteiger partial charge in [0.25, 0.3) is 5.56 Å². The van der Waals surface area contributed by atoms with Crippen molar-refractivity contribution in [2.75, 3.05) is 0 Å². The molecule has 1 rings (SSSR count). The third-order valence-electron chi connectivity index (χ3n) is 2.30. The van der Waals surface area contributed by atoms with Gasteiger partial charge in [-0.2, -0.15) is 0 Å². The Morgan fingerprint density at radius 1 is 1.40 bits per heavy atom. The lowest BCUT2D eigenvalue weighted by Gasteiger charge is -2.10. The second kappa shape index (κ2) is 4.77. The van der Waals surface area contributed by atoms with Crippen molar-refractivity contribution in [3.05, 3.63) is 33.7 Å². The maximum absolute atomic E-state index is 11.8. The Bertz CT molecular complexity index is 420. The molecule has 4 nitrogen and oxygen atoms in total. The van der Waals surface area contributed by atoms with Crippen LogP contribution < -0.4 is 5.56 Å². The van der Waals surface area contributed by atoms with Crippen LogP contribution >= 0.6 is 0 Å². The number of hydrogen-bond donors (Lipinski definition) is 1. The van der Waals surface area contributed by atoms with E-state index >= 15 is 0 Å². The van der Waals surface area contributed by atoms with Gasteiger partial charge in [-0.15, -0.1) is 0 Å². The van der Waals surface area contributed by atoms with Gasteiger partial charge in [0, 0.05) is 12.2 Å². The van der Waals surface area contributed by atoms with Crippen molar-refractivity contribution in [3.8, 4) is 0 Å². The molecule has 0 fully saturated rings. The molecule has 0 aromatic carbocycles. The number of aromatic nitrogens is 1. The highest BCUT2D eigenvalue weighted by Crippen LogP contribution is 2.02. The zero-order valence-corrected chi connectivity index (χ0v) is 8.99. The number of carbonyl (C=O) groups is 1. The van der Waals surface area contributed by atoms with E-state index in [9.17, 15) is 9.59 Å². The number of nitrogens with zero attached hydrogens (tertiary/aromatic N) is 1. The monoisotopic (exact) mass is 209 g/mol. The molecule has 0 saturated heterocycles. The van der Waals surface area contributed by atoms with Gasteiger partial charge in [-0.3, -0.25) is 4.79 Å². The zero-order chi connectivity index (χ0) is 11.4. The predicted octanol–water partition coefficient (Wildman–Crippen LogP) is 1.52. The van der Waals surface area contributed by atoms with Crippen LogP contribution in [0.1, 0.15) is 36.3 Å². The number of carboxylic acids is 1. The maximum Gasteiger partial charge on any atom is 0.341 e. The third kappa shape index (κ3) is 2.26. The van der Waals surface area contributed by atoms with Crippen molar-refractivity contribution in [1.82, 2.24) is 4.57 Å². The minimum Gasteiger partial charge on any atom is -0.477 e. The summed E-state index contributed by atoms with van der Waals surface area (Å²) in [6, 6.07) is 3.09. The minimum absolute atomic E-state index is 0.152. The summed E-state index contributed by atoms with van der Waals surface area (Å²) in [6.07, 6.45) is 1.55. The Labute approximate surface area is 88.2 Å². The number of aromatic carboxylic acids is 1. The molecule has 0 radical (unpaired) electrons. The Hall–Kier alpha value is -1.58.